The highest BCUT2D eigenvalue weighted by molar-refractivity contribution is 5.91. The molecule has 3 aromatic rings. The van der Waals surface area contributed by atoms with Crippen molar-refractivity contribution in [2.45, 2.75) is 20.0 Å². The molecule has 2 aromatic carbocycles. The molecule has 1 amide bonds. The van der Waals surface area contributed by atoms with E-state index >= 15 is 0 Å². The van der Waals surface area contributed by atoms with Crippen molar-refractivity contribution in [1.29, 1.82) is 0 Å². The molecule has 1 aromatic heterocycles. The number of carbonyl (C=O) groups excluding carboxylic acids is 2. The van der Waals surface area contributed by atoms with E-state index in [9.17, 15) is 9.59 Å². The lowest BCUT2D eigenvalue weighted by Crippen LogP contribution is -2.51. The van der Waals surface area contributed by atoms with Gasteiger partial charge in [-0.3, -0.25) is 4.79 Å². The maximum Gasteiger partial charge on any atom is 0.377 e. The minimum atomic E-state index is -0.899. The molecule has 0 bridgehead atoms. The Bertz CT molecular complexity index is 1040. The molecule has 0 aliphatic carbocycles. The van der Waals surface area contributed by atoms with E-state index in [0.717, 1.165) is 29.9 Å². The molecule has 160 valence electrons. The first kappa shape index (κ1) is 20.7. The first-order valence-corrected chi connectivity index (χ1v) is 10.3. The van der Waals surface area contributed by atoms with Gasteiger partial charge >= 0.3 is 5.97 Å². The summed E-state index contributed by atoms with van der Waals surface area (Å²) in [5, 5.41) is 3.94. The molecule has 0 radical (unpaired) electrons. The van der Waals surface area contributed by atoms with Gasteiger partial charge in [0.1, 0.15) is 5.69 Å². The van der Waals surface area contributed by atoms with E-state index < -0.39 is 12.1 Å². The number of rotatable bonds is 5. The molecule has 0 spiro atoms. The predicted molar refractivity (Wildman–Crippen MR) is 117 cm³/mol. The van der Waals surface area contributed by atoms with Crippen molar-refractivity contribution in [3.63, 3.8) is 0 Å². The van der Waals surface area contributed by atoms with Crippen LogP contribution in [0.4, 0.5) is 5.69 Å². The Morgan fingerprint density at radius 3 is 2.35 bits per heavy atom. The number of ether oxygens (including phenoxy) is 1. The molecule has 0 N–H and O–H groups in total. The van der Waals surface area contributed by atoms with E-state index in [-0.39, 0.29) is 11.7 Å². The summed E-state index contributed by atoms with van der Waals surface area (Å²) in [5.74, 6) is -0.932. The molecular weight excluding hydrogens is 394 g/mol. The highest BCUT2D eigenvalue weighted by atomic mass is 16.6. The Morgan fingerprint density at radius 1 is 1.00 bits per heavy atom. The van der Waals surface area contributed by atoms with Gasteiger partial charge in [0.15, 0.2) is 6.10 Å². The second-order valence-corrected chi connectivity index (χ2v) is 7.64. The number of aryl methyl sites for hydroxylation is 1. The van der Waals surface area contributed by atoms with Crippen LogP contribution in [0.3, 0.4) is 0 Å². The summed E-state index contributed by atoms with van der Waals surface area (Å²) in [6, 6.07) is 19.4. The standard InChI is InChI=1S/C24H25N3O4/c1-17-8-10-19(11-9-17)21-16-22(31-25-21)24(29)30-18(2)23(28)27-14-12-26(13-15-27)20-6-4-3-5-7-20/h3-11,16,18H,12-15H2,1-2H3/t18-/m0/s1. The van der Waals surface area contributed by atoms with Crippen LogP contribution in [0.1, 0.15) is 23.0 Å². The van der Waals surface area contributed by atoms with Gasteiger partial charge in [-0.15, -0.1) is 0 Å². The Kier molecular flexibility index (Phi) is 6.02. The van der Waals surface area contributed by atoms with E-state index in [1.165, 1.54) is 6.07 Å². The number of nitrogens with zero attached hydrogens (tertiary/aromatic N) is 3. The molecule has 2 heterocycles. The van der Waals surface area contributed by atoms with Crippen molar-refractivity contribution >= 4 is 17.6 Å². The summed E-state index contributed by atoms with van der Waals surface area (Å²) in [7, 11) is 0. The van der Waals surface area contributed by atoms with Crippen LogP contribution in [0.15, 0.2) is 65.2 Å². The average Bonchev–Trinajstić information content (AvgIpc) is 3.30. The van der Waals surface area contributed by atoms with E-state index in [4.69, 9.17) is 9.26 Å². The lowest BCUT2D eigenvalue weighted by Gasteiger charge is -2.36. The van der Waals surface area contributed by atoms with Gasteiger partial charge in [-0.25, -0.2) is 4.79 Å². The largest absolute Gasteiger partial charge is 0.447 e. The van der Waals surface area contributed by atoms with Crippen LogP contribution in [0, 0.1) is 6.92 Å². The van der Waals surface area contributed by atoms with Crippen LogP contribution in [0.25, 0.3) is 11.3 Å². The molecule has 1 atom stereocenters. The van der Waals surface area contributed by atoms with Gasteiger partial charge in [-0.05, 0) is 26.0 Å². The number of anilines is 1. The SMILES string of the molecule is Cc1ccc(-c2cc(C(=O)O[C@@H](C)C(=O)N3CCN(c4ccccc4)CC3)on2)cc1. The number of benzene rings is 2. The Hall–Kier alpha value is -3.61. The van der Waals surface area contributed by atoms with Gasteiger partial charge < -0.3 is 19.1 Å². The molecular formula is C24H25N3O4. The van der Waals surface area contributed by atoms with Crippen molar-refractivity contribution in [1.82, 2.24) is 10.1 Å². The topological polar surface area (TPSA) is 75.9 Å². The average molecular weight is 419 g/mol. The second kappa shape index (κ2) is 9.04. The lowest BCUT2D eigenvalue weighted by atomic mass is 10.1. The third-order valence-corrected chi connectivity index (χ3v) is 5.40. The number of hydrogen-bond acceptors (Lipinski definition) is 6. The number of amides is 1. The van der Waals surface area contributed by atoms with Gasteiger partial charge in [0.05, 0.1) is 0 Å². The zero-order chi connectivity index (χ0) is 21.8. The van der Waals surface area contributed by atoms with Crippen LogP contribution in [0.5, 0.6) is 0 Å². The maximum absolute atomic E-state index is 12.8. The fraction of sp³-hybridized carbons (Fsp3) is 0.292. The van der Waals surface area contributed by atoms with Crippen LogP contribution in [-0.4, -0.2) is 54.2 Å². The molecule has 7 heteroatoms. The van der Waals surface area contributed by atoms with E-state index in [1.54, 1.807) is 11.8 Å². The zero-order valence-electron chi connectivity index (χ0n) is 17.7. The summed E-state index contributed by atoms with van der Waals surface area (Å²) in [6.07, 6.45) is -0.899. The van der Waals surface area contributed by atoms with Crippen molar-refractivity contribution < 1.29 is 18.8 Å². The third kappa shape index (κ3) is 4.77. The minimum Gasteiger partial charge on any atom is -0.447 e. The first-order chi connectivity index (χ1) is 15.0. The summed E-state index contributed by atoms with van der Waals surface area (Å²) in [6.45, 7) is 6.21. The number of piperazine rings is 1. The van der Waals surface area contributed by atoms with Crippen LogP contribution in [-0.2, 0) is 9.53 Å². The summed E-state index contributed by atoms with van der Waals surface area (Å²) in [4.78, 5) is 29.2. The number of aromatic nitrogens is 1. The van der Waals surface area contributed by atoms with Crippen LogP contribution >= 0.6 is 0 Å². The number of hydrogen-bond donors (Lipinski definition) is 0. The van der Waals surface area contributed by atoms with Gasteiger partial charge in [0.2, 0.25) is 5.76 Å². The monoisotopic (exact) mass is 419 g/mol. The highest BCUT2D eigenvalue weighted by Crippen LogP contribution is 2.21. The maximum atomic E-state index is 12.8. The van der Waals surface area contributed by atoms with Crippen LogP contribution in [0.2, 0.25) is 0 Å². The first-order valence-electron chi connectivity index (χ1n) is 10.3. The van der Waals surface area contributed by atoms with Crippen molar-refractivity contribution in [3.8, 4) is 11.3 Å². The number of esters is 1. The predicted octanol–water partition coefficient (Wildman–Crippen LogP) is 3.54. The molecule has 1 fully saturated rings. The fourth-order valence-corrected chi connectivity index (χ4v) is 3.58. The zero-order valence-corrected chi connectivity index (χ0v) is 17.7. The van der Waals surface area contributed by atoms with Crippen molar-refractivity contribution in [2.75, 3.05) is 31.1 Å². The van der Waals surface area contributed by atoms with Gasteiger partial charge in [0, 0.05) is 43.5 Å². The van der Waals surface area contributed by atoms with Crippen molar-refractivity contribution in [2.24, 2.45) is 0 Å². The lowest BCUT2D eigenvalue weighted by molar-refractivity contribution is -0.140. The van der Waals surface area contributed by atoms with Gasteiger partial charge in [0.25, 0.3) is 5.91 Å². The second-order valence-electron chi connectivity index (χ2n) is 7.64. The summed E-state index contributed by atoms with van der Waals surface area (Å²) < 4.78 is 10.5. The molecule has 1 saturated heterocycles. The molecule has 7 nitrogen and oxygen atoms in total. The molecule has 0 unspecified atom stereocenters. The highest BCUT2D eigenvalue weighted by Gasteiger charge is 2.28. The smallest absolute Gasteiger partial charge is 0.377 e. The summed E-state index contributed by atoms with van der Waals surface area (Å²) >= 11 is 0. The quantitative estimate of drug-likeness (QED) is 0.589. The third-order valence-electron chi connectivity index (χ3n) is 5.40. The van der Waals surface area contributed by atoms with E-state index in [2.05, 4.69) is 22.2 Å². The normalized spacial score (nSPS) is 14.9. The van der Waals surface area contributed by atoms with Crippen molar-refractivity contribution in [3.05, 3.63) is 72.0 Å². The van der Waals surface area contributed by atoms with E-state index in [0.29, 0.717) is 18.8 Å². The number of carbonyl (C=O) groups is 2. The van der Waals surface area contributed by atoms with Gasteiger partial charge in [-0.2, -0.15) is 0 Å². The molecule has 0 saturated carbocycles. The van der Waals surface area contributed by atoms with E-state index in [1.807, 2.05) is 49.4 Å². The minimum absolute atomic E-state index is 0.0240. The van der Waals surface area contributed by atoms with Gasteiger partial charge in [-0.1, -0.05) is 53.2 Å². The number of para-hydroxylation sites is 1. The molecule has 1 aliphatic rings. The molecule has 1 aliphatic heterocycles. The summed E-state index contributed by atoms with van der Waals surface area (Å²) in [5.41, 5.74) is 3.66. The van der Waals surface area contributed by atoms with Crippen LogP contribution < -0.4 is 4.90 Å². The molecule has 4 rings (SSSR count). The molecule has 31 heavy (non-hydrogen) atoms. The Balaban J connectivity index is 1.32. The Labute approximate surface area is 181 Å². The Morgan fingerprint density at radius 2 is 1.68 bits per heavy atom. The fourth-order valence-electron chi connectivity index (χ4n) is 3.58.